The lowest BCUT2D eigenvalue weighted by Gasteiger charge is -2.01. The van der Waals surface area contributed by atoms with Crippen molar-refractivity contribution in [1.29, 1.82) is 0 Å². The number of carboxylic acids is 1. The summed E-state index contributed by atoms with van der Waals surface area (Å²) in [6, 6.07) is 0. The van der Waals surface area contributed by atoms with Crippen LogP contribution in [-0.4, -0.2) is 20.6 Å². The topological polar surface area (TPSA) is 55.1 Å². The Morgan fingerprint density at radius 3 is 2.93 bits per heavy atom. The number of aromatic carboxylic acids is 1. The highest BCUT2D eigenvalue weighted by molar-refractivity contribution is 9.10. The maximum Gasteiger partial charge on any atom is 0.339 e. The minimum Gasteiger partial charge on any atom is -0.478 e. The molecule has 0 radical (unpaired) electrons. The van der Waals surface area contributed by atoms with E-state index in [1.54, 1.807) is 17.8 Å². The fraction of sp³-hybridized carbons (Fsp3) is 0.111. The van der Waals surface area contributed by atoms with Crippen molar-refractivity contribution in [1.82, 2.24) is 9.55 Å². The lowest BCUT2D eigenvalue weighted by molar-refractivity contribution is 0.0698. The Labute approximate surface area is 98.6 Å². The van der Waals surface area contributed by atoms with Crippen molar-refractivity contribution in [3.8, 4) is 0 Å². The van der Waals surface area contributed by atoms with Crippen LogP contribution in [0, 0.1) is 0 Å². The van der Waals surface area contributed by atoms with E-state index in [1.165, 1.54) is 6.20 Å². The van der Waals surface area contributed by atoms with Crippen molar-refractivity contribution in [2.45, 2.75) is 0 Å². The molecule has 15 heavy (non-hydrogen) atoms. The largest absolute Gasteiger partial charge is 0.478 e. The Bertz CT molecular complexity index is 565. The smallest absolute Gasteiger partial charge is 0.339 e. The van der Waals surface area contributed by atoms with Crippen molar-refractivity contribution < 1.29 is 9.90 Å². The maximum atomic E-state index is 11.0. The second kappa shape index (κ2) is 3.50. The first-order valence-electron chi connectivity index (χ1n) is 4.04. The zero-order valence-electron chi connectivity index (χ0n) is 7.66. The van der Waals surface area contributed by atoms with Gasteiger partial charge in [0, 0.05) is 23.9 Å². The summed E-state index contributed by atoms with van der Waals surface area (Å²) in [7, 11) is 1.76. The summed E-state index contributed by atoms with van der Waals surface area (Å²) in [6.07, 6.45) is 3.02. The summed E-state index contributed by atoms with van der Waals surface area (Å²) < 4.78 is 2.44. The van der Waals surface area contributed by atoms with Gasteiger partial charge in [0.1, 0.15) is 10.7 Å². The maximum absolute atomic E-state index is 11.0. The molecule has 78 valence electrons. The van der Waals surface area contributed by atoms with Gasteiger partial charge in [-0.25, -0.2) is 9.78 Å². The first kappa shape index (κ1) is 10.4. The lowest BCUT2D eigenvalue weighted by atomic mass is 10.2. The van der Waals surface area contributed by atoms with E-state index in [2.05, 4.69) is 20.9 Å². The van der Waals surface area contributed by atoms with E-state index in [0.717, 1.165) is 4.47 Å². The molecule has 0 fully saturated rings. The predicted octanol–water partition coefficient (Wildman–Crippen LogP) is 2.69. The molecular formula is C9H6BrClN2O2. The van der Waals surface area contributed by atoms with Gasteiger partial charge in [0.15, 0.2) is 0 Å². The number of pyridine rings is 1. The normalized spacial score (nSPS) is 10.9. The van der Waals surface area contributed by atoms with Crippen LogP contribution in [0.2, 0.25) is 5.15 Å². The number of aryl methyl sites for hydroxylation is 1. The molecule has 0 aromatic carbocycles. The molecule has 0 aliphatic carbocycles. The number of carboxylic acid groups (broad SMARTS) is 1. The number of rotatable bonds is 1. The average Bonchev–Trinajstić information content (AvgIpc) is 2.43. The molecule has 6 heteroatoms. The van der Waals surface area contributed by atoms with Crippen LogP contribution in [0.3, 0.4) is 0 Å². The van der Waals surface area contributed by atoms with E-state index in [-0.39, 0.29) is 5.56 Å². The molecule has 2 rings (SSSR count). The Balaban J connectivity index is 2.98. The quantitative estimate of drug-likeness (QED) is 0.821. The van der Waals surface area contributed by atoms with Crippen LogP contribution >= 0.6 is 27.5 Å². The molecular weight excluding hydrogens is 283 g/mol. The highest BCUT2D eigenvalue weighted by Gasteiger charge is 2.17. The first-order valence-corrected chi connectivity index (χ1v) is 5.21. The minimum absolute atomic E-state index is 0.141. The molecule has 0 atom stereocenters. The van der Waals surface area contributed by atoms with E-state index in [4.69, 9.17) is 16.7 Å². The van der Waals surface area contributed by atoms with Gasteiger partial charge in [-0.15, -0.1) is 0 Å². The van der Waals surface area contributed by atoms with Crippen molar-refractivity contribution in [2.75, 3.05) is 0 Å². The lowest BCUT2D eigenvalue weighted by Crippen LogP contribution is -2.01. The molecule has 1 N–H and O–H groups in total. The summed E-state index contributed by atoms with van der Waals surface area (Å²) >= 11 is 9.22. The van der Waals surface area contributed by atoms with E-state index >= 15 is 0 Å². The molecule has 0 bridgehead atoms. The highest BCUT2D eigenvalue weighted by atomic mass is 79.9. The van der Waals surface area contributed by atoms with E-state index in [0.29, 0.717) is 16.1 Å². The van der Waals surface area contributed by atoms with Crippen LogP contribution in [0.25, 0.3) is 10.9 Å². The number of halogens is 2. The average molecular weight is 290 g/mol. The number of hydrogen-bond acceptors (Lipinski definition) is 2. The SMILES string of the molecule is Cn1cc(Br)c2c(Cl)ncc(C(=O)O)c21. The van der Waals surface area contributed by atoms with Gasteiger partial charge in [-0.1, -0.05) is 11.6 Å². The van der Waals surface area contributed by atoms with Crippen LogP contribution in [0.1, 0.15) is 10.4 Å². The van der Waals surface area contributed by atoms with Crippen LogP contribution in [-0.2, 0) is 7.05 Å². The van der Waals surface area contributed by atoms with Crippen LogP contribution < -0.4 is 0 Å². The molecule has 0 amide bonds. The van der Waals surface area contributed by atoms with Gasteiger partial charge >= 0.3 is 5.97 Å². The standard InChI is InChI=1S/C9H6BrClN2O2/c1-13-3-5(10)6-7(13)4(9(14)15)2-12-8(6)11/h2-3H,1H3,(H,14,15). The van der Waals surface area contributed by atoms with Crippen molar-refractivity contribution in [2.24, 2.45) is 7.05 Å². The summed E-state index contributed by atoms with van der Waals surface area (Å²) in [5.41, 5.74) is 0.706. The molecule has 2 aromatic rings. The number of aromatic nitrogens is 2. The van der Waals surface area contributed by atoms with Crippen LogP contribution in [0.4, 0.5) is 0 Å². The Kier molecular flexibility index (Phi) is 2.44. The second-order valence-electron chi connectivity index (χ2n) is 3.08. The van der Waals surface area contributed by atoms with Gasteiger partial charge < -0.3 is 9.67 Å². The minimum atomic E-state index is -1.02. The highest BCUT2D eigenvalue weighted by Crippen LogP contribution is 2.32. The van der Waals surface area contributed by atoms with Gasteiger partial charge in [-0.2, -0.15) is 0 Å². The molecule has 0 aliphatic heterocycles. The zero-order chi connectivity index (χ0) is 11.2. The van der Waals surface area contributed by atoms with Crippen LogP contribution in [0.15, 0.2) is 16.9 Å². The number of carbonyl (C=O) groups is 1. The zero-order valence-corrected chi connectivity index (χ0v) is 10.0. The molecule has 0 spiro atoms. The monoisotopic (exact) mass is 288 g/mol. The Hall–Kier alpha value is -1.07. The molecule has 2 heterocycles. The van der Waals surface area contributed by atoms with Gasteiger partial charge in [0.05, 0.1) is 10.9 Å². The van der Waals surface area contributed by atoms with Crippen molar-refractivity contribution in [3.05, 3.63) is 27.6 Å². The van der Waals surface area contributed by atoms with Gasteiger partial charge in [0.25, 0.3) is 0 Å². The van der Waals surface area contributed by atoms with E-state index in [9.17, 15) is 4.79 Å². The van der Waals surface area contributed by atoms with Crippen molar-refractivity contribution >= 4 is 44.4 Å². The fourth-order valence-corrected chi connectivity index (χ4v) is 2.55. The third-order valence-corrected chi connectivity index (χ3v) is 3.02. The van der Waals surface area contributed by atoms with E-state index < -0.39 is 5.97 Å². The van der Waals surface area contributed by atoms with E-state index in [1.807, 2.05) is 0 Å². The number of fused-ring (bicyclic) bond motifs is 1. The molecule has 0 unspecified atom stereocenters. The fourth-order valence-electron chi connectivity index (χ4n) is 1.51. The summed E-state index contributed by atoms with van der Waals surface area (Å²) in [5.74, 6) is -1.02. The third kappa shape index (κ3) is 1.52. The van der Waals surface area contributed by atoms with Gasteiger partial charge in [0.2, 0.25) is 0 Å². The second-order valence-corrected chi connectivity index (χ2v) is 4.29. The molecule has 0 aliphatic rings. The Morgan fingerprint density at radius 1 is 1.67 bits per heavy atom. The molecule has 4 nitrogen and oxygen atoms in total. The Morgan fingerprint density at radius 2 is 2.33 bits per heavy atom. The molecule has 0 saturated carbocycles. The number of nitrogens with zero attached hydrogens (tertiary/aromatic N) is 2. The third-order valence-electron chi connectivity index (χ3n) is 2.13. The predicted molar refractivity (Wildman–Crippen MR) is 60.4 cm³/mol. The van der Waals surface area contributed by atoms with Crippen molar-refractivity contribution in [3.63, 3.8) is 0 Å². The van der Waals surface area contributed by atoms with Gasteiger partial charge in [-0.05, 0) is 15.9 Å². The number of hydrogen-bond donors (Lipinski definition) is 1. The molecule has 0 saturated heterocycles. The van der Waals surface area contributed by atoms with Gasteiger partial charge in [-0.3, -0.25) is 0 Å². The molecule has 2 aromatic heterocycles. The summed E-state index contributed by atoms with van der Waals surface area (Å²) in [4.78, 5) is 14.8. The first-order chi connectivity index (χ1) is 7.02. The van der Waals surface area contributed by atoms with Crippen LogP contribution in [0.5, 0.6) is 0 Å². The summed E-state index contributed by atoms with van der Waals surface area (Å²) in [6.45, 7) is 0. The summed E-state index contributed by atoms with van der Waals surface area (Å²) in [5, 5.41) is 9.91.